The maximum absolute atomic E-state index is 13.2. The van der Waals surface area contributed by atoms with Gasteiger partial charge in [0.1, 0.15) is 12.0 Å². The first-order chi connectivity index (χ1) is 17.7. The van der Waals surface area contributed by atoms with E-state index in [0.29, 0.717) is 11.4 Å². The lowest BCUT2D eigenvalue weighted by Gasteiger charge is -2.27. The molecule has 3 aromatic carbocycles. The summed E-state index contributed by atoms with van der Waals surface area (Å²) in [6.45, 7) is 3.59. The van der Waals surface area contributed by atoms with Crippen LogP contribution in [0.2, 0.25) is 0 Å². The van der Waals surface area contributed by atoms with Gasteiger partial charge in [-0.05, 0) is 38.1 Å². The second kappa shape index (κ2) is 11.1. The number of methoxy groups -OCH3 is 1. The number of nitrogens with one attached hydrogen (secondary N) is 1. The molecule has 0 atom stereocenters. The van der Waals surface area contributed by atoms with Crippen LogP contribution in [0.5, 0.6) is 5.75 Å². The lowest BCUT2D eigenvalue weighted by Crippen LogP contribution is -2.31. The fourth-order valence-corrected chi connectivity index (χ4v) is 7.36. The maximum Gasteiger partial charge on any atom is 0.350 e. The van der Waals surface area contributed by atoms with E-state index in [1.165, 1.54) is 7.11 Å². The van der Waals surface area contributed by atoms with Gasteiger partial charge in [0.15, 0.2) is 0 Å². The van der Waals surface area contributed by atoms with Crippen LogP contribution in [-0.4, -0.2) is 46.3 Å². The molecule has 37 heavy (non-hydrogen) atoms. The number of hydrogen-bond acceptors (Lipinski definition) is 8. The van der Waals surface area contributed by atoms with Crippen LogP contribution >= 0.6 is 7.60 Å². The molecule has 4 rings (SSSR count). The molecule has 0 saturated carbocycles. The molecule has 0 aliphatic heterocycles. The van der Waals surface area contributed by atoms with E-state index in [-0.39, 0.29) is 18.9 Å². The second-order valence-electron chi connectivity index (χ2n) is 8.23. The Morgan fingerprint density at radius 2 is 1.49 bits per heavy atom. The van der Waals surface area contributed by atoms with Crippen molar-refractivity contribution in [3.05, 3.63) is 66.7 Å². The third kappa shape index (κ3) is 5.88. The maximum atomic E-state index is 13.2. The number of hydrogen-bond donors (Lipinski definition) is 1. The number of rotatable bonds is 11. The minimum Gasteiger partial charge on any atom is -0.494 e. The van der Waals surface area contributed by atoms with Gasteiger partial charge in [-0.1, -0.05) is 36.4 Å². The molecular weight excluding hydrogens is 513 g/mol. The number of fused-ring (bicyclic) bond motifs is 2. The lowest BCUT2D eigenvalue weighted by atomic mass is 10.1. The van der Waals surface area contributed by atoms with Crippen molar-refractivity contribution >= 4 is 56.5 Å². The van der Waals surface area contributed by atoms with E-state index in [1.807, 2.05) is 48.5 Å². The summed E-state index contributed by atoms with van der Waals surface area (Å²) in [7, 11) is -6.02. The summed E-state index contributed by atoms with van der Waals surface area (Å²) in [6.07, 6.45) is 0.589. The topological polar surface area (TPSA) is 107 Å². The molecule has 1 N–H and O–H groups in total. The molecule has 0 saturated heterocycles. The number of sulfonamides is 1. The number of nitrogens with zero attached hydrogens (tertiary/aromatic N) is 2. The van der Waals surface area contributed by atoms with Crippen LogP contribution in [0.25, 0.3) is 21.8 Å². The van der Waals surface area contributed by atoms with E-state index in [2.05, 4.69) is 5.32 Å². The van der Waals surface area contributed by atoms with Gasteiger partial charge in [-0.15, -0.1) is 0 Å². The first kappa shape index (κ1) is 26.9. The SMILES string of the molecule is CCOP(=O)(CN(c1ccc(Nc2c3ccccc3nc3ccccc23)c(OC)c1)S(C)(=O)=O)OCC. The number of anilines is 3. The normalized spacial score (nSPS) is 12.1. The molecule has 0 radical (unpaired) electrons. The Morgan fingerprint density at radius 1 is 0.919 bits per heavy atom. The minimum absolute atomic E-state index is 0.120. The van der Waals surface area contributed by atoms with Crippen molar-refractivity contribution in [2.75, 3.05) is 42.5 Å². The number of aromatic nitrogens is 1. The summed E-state index contributed by atoms with van der Waals surface area (Å²) < 4.78 is 55.9. The zero-order valence-electron chi connectivity index (χ0n) is 21.2. The van der Waals surface area contributed by atoms with E-state index in [1.54, 1.807) is 32.0 Å². The smallest absolute Gasteiger partial charge is 0.350 e. The van der Waals surface area contributed by atoms with Crippen molar-refractivity contribution in [2.24, 2.45) is 0 Å². The first-order valence-electron chi connectivity index (χ1n) is 11.8. The summed E-state index contributed by atoms with van der Waals surface area (Å²) in [5.74, 6) is 0.402. The zero-order chi connectivity index (χ0) is 26.6. The van der Waals surface area contributed by atoms with E-state index in [9.17, 15) is 13.0 Å². The quantitative estimate of drug-likeness (QED) is 0.178. The molecule has 11 heteroatoms. The van der Waals surface area contributed by atoms with Crippen molar-refractivity contribution in [3.63, 3.8) is 0 Å². The molecule has 1 aromatic heterocycles. The van der Waals surface area contributed by atoms with E-state index < -0.39 is 23.9 Å². The summed E-state index contributed by atoms with van der Waals surface area (Å²) in [6, 6.07) is 20.6. The van der Waals surface area contributed by atoms with Crippen molar-refractivity contribution in [2.45, 2.75) is 13.8 Å². The van der Waals surface area contributed by atoms with Crippen LogP contribution in [0.3, 0.4) is 0 Å². The average molecular weight is 544 g/mol. The highest BCUT2D eigenvalue weighted by Gasteiger charge is 2.32. The summed E-state index contributed by atoms with van der Waals surface area (Å²) >= 11 is 0. The van der Waals surface area contributed by atoms with Crippen LogP contribution in [0.1, 0.15) is 13.8 Å². The highest BCUT2D eigenvalue weighted by atomic mass is 32.2. The van der Waals surface area contributed by atoms with E-state index in [4.69, 9.17) is 18.8 Å². The van der Waals surface area contributed by atoms with E-state index in [0.717, 1.165) is 38.1 Å². The molecule has 0 fully saturated rings. The second-order valence-corrected chi connectivity index (χ2v) is 12.2. The Bertz CT molecular complexity index is 1510. The van der Waals surface area contributed by atoms with Crippen LogP contribution in [0.15, 0.2) is 66.7 Å². The highest BCUT2D eigenvalue weighted by molar-refractivity contribution is 7.92. The van der Waals surface area contributed by atoms with Gasteiger partial charge in [0.25, 0.3) is 0 Å². The zero-order valence-corrected chi connectivity index (χ0v) is 22.9. The first-order valence-corrected chi connectivity index (χ1v) is 15.3. The largest absolute Gasteiger partial charge is 0.494 e. The summed E-state index contributed by atoms with van der Waals surface area (Å²) in [5, 5.41) is 5.33. The Morgan fingerprint density at radius 3 is 2.00 bits per heavy atom. The minimum atomic E-state index is -3.83. The molecular formula is C26H30N3O6PS. The number of pyridine rings is 1. The molecule has 0 aliphatic carbocycles. The standard InChI is InChI=1S/C26H30N3O6PS/c1-5-34-36(30,35-6-2)18-29(37(4,31)32)19-15-16-24(25(17-19)33-3)28-26-20-11-7-9-13-22(20)27-23-14-10-8-12-21(23)26/h7-17H,5-6,18H2,1-4H3,(H,27,28). The average Bonchev–Trinajstić information content (AvgIpc) is 2.87. The van der Waals surface area contributed by atoms with Gasteiger partial charge in [0.2, 0.25) is 10.0 Å². The molecule has 0 unspecified atom stereocenters. The summed E-state index contributed by atoms with van der Waals surface area (Å²) in [4.78, 5) is 4.76. The molecule has 0 bridgehead atoms. The number of ether oxygens (including phenoxy) is 1. The summed E-state index contributed by atoms with van der Waals surface area (Å²) in [5.41, 5.74) is 3.42. The molecule has 4 aromatic rings. The molecule has 0 spiro atoms. The highest BCUT2D eigenvalue weighted by Crippen LogP contribution is 2.50. The van der Waals surface area contributed by atoms with Gasteiger partial charge >= 0.3 is 7.60 Å². The van der Waals surface area contributed by atoms with Gasteiger partial charge in [-0.2, -0.15) is 0 Å². The van der Waals surface area contributed by atoms with Gasteiger partial charge < -0.3 is 19.1 Å². The molecule has 1 heterocycles. The number of para-hydroxylation sites is 2. The Labute approximate surface area is 217 Å². The third-order valence-corrected chi connectivity index (χ3v) is 8.94. The third-order valence-electron chi connectivity index (χ3n) is 5.67. The predicted molar refractivity (Wildman–Crippen MR) is 149 cm³/mol. The molecule has 196 valence electrons. The molecule has 0 amide bonds. The van der Waals surface area contributed by atoms with Crippen molar-refractivity contribution in [3.8, 4) is 5.75 Å². The van der Waals surface area contributed by atoms with Crippen molar-refractivity contribution in [1.29, 1.82) is 0 Å². The van der Waals surface area contributed by atoms with Gasteiger partial charge in [-0.25, -0.2) is 13.4 Å². The van der Waals surface area contributed by atoms with Crippen molar-refractivity contribution in [1.82, 2.24) is 4.98 Å². The fourth-order valence-electron chi connectivity index (χ4n) is 4.10. The van der Waals surface area contributed by atoms with Crippen LogP contribution < -0.4 is 14.4 Å². The lowest BCUT2D eigenvalue weighted by molar-refractivity contribution is 0.221. The van der Waals surface area contributed by atoms with Gasteiger partial charge in [0.05, 0.1) is 54.7 Å². The monoisotopic (exact) mass is 543 g/mol. The van der Waals surface area contributed by atoms with Crippen LogP contribution in [-0.2, 0) is 23.6 Å². The molecule has 9 nitrogen and oxygen atoms in total. The Kier molecular flexibility index (Phi) is 8.04. The fraction of sp³-hybridized carbons (Fsp3) is 0.269. The molecule has 0 aliphatic rings. The van der Waals surface area contributed by atoms with Crippen molar-refractivity contribution < 1.29 is 26.8 Å². The number of benzene rings is 3. The Balaban J connectivity index is 1.78. The predicted octanol–water partition coefficient (Wildman–Crippen LogP) is 6.13. The van der Waals surface area contributed by atoms with Gasteiger partial charge in [0, 0.05) is 16.8 Å². The Hall–Kier alpha value is -3.17. The van der Waals surface area contributed by atoms with Crippen LogP contribution in [0, 0.1) is 0 Å². The van der Waals surface area contributed by atoms with E-state index >= 15 is 0 Å². The van der Waals surface area contributed by atoms with Gasteiger partial charge in [-0.3, -0.25) is 8.87 Å². The van der Waals surface area contributed by atoms with Crippen LogP contribution in [0.4, 0.5) is 17.1 Å².